The molecule has 1 rings (SSSR count). The molecule has 0 bridgehead atoms. The van der Waals surface area contributed by atoms with E-state index in [2.05, 4.69) is 17.6 Å². The lowest BCUT2D eigenvalue weighted by molar-refractivity contribution is 0.0866. The minimum Gasteiger partial charge on any atom is -0.387 e. The van der Waals surface area contributed by atoms with Crippen LogP contribution in [0.5, 0.6) is 0 Å². The molecule has 0 aliphatic heterocycles. The van der Waals surface area contributed by atoms with Gasteiger partial charge in [-0.15, -0.1) is 0 Å². The van der Waals surface area contributed by atoms with Crippen molar-refractivity contribution in [1.29, 1.82) is 0 Å². The Bertz CT molecular complexity index is 279. The third kappa shape index (κ3) is 6.52. The summed E-state index contributed by atoms with van der Waals surface area (Å²) in [6.07, 6.45) is 8.26. The standard InChI is InChI=1S/C14H28N2O2S/c1-11(12-7-5-4-6-8-12)16-13(17)15-9-14(2,18)10-19-3/h11-12,18H,4-10H2,1-3H3,(H2,15,16,17). The van der Waals surface area contributed by atoms with Crippen LogP contribution in [0, 0.1) is 5.92 Å². The van der Waals surface area contributed by atoms with E-state index in [4.69, 9.17) is 0 Å². The first-order chi connectivity index (χ1) is 8.94. The Labute approximate surface area is 121 Å². The second-order valence-electron chi connectivity index (χ2n) is 5.94. The number of carbonyl (C=O) groups is 1. The summed E-state index contributed by atoms with van der Waals surface area (Å²) in [5, 5.41) is 15.7. The third-order valence-corrected chi connectivity index (χ3v) is 4.71. The molecule has 112 valence electrons. The zero-order valence-electron chi connectivity index (χ0n) is 12.4. The van der Waals surface area contributed by atoms with E-state index in [0.717, 1.165) is 0 Å². The van der Waals surface area contributed by atoms with Crippen molar-refractivity contribution in [3.8, 4) is 0 Å². The number of amides is 2. The van der Waals surface area contributed by atoms with Crippen molar-refractivity contribution in [2.24, 2.45) is 5.92 Å². The first kappa shape index (κ1) is 16.6. The van der Waals surface area contributed by atoms with E-state index in [-0.39, 0.29) is 18.6 Å². The molecule has 2 atom stereocenters. The lowest BCUT2D eigenvalue weighted by Crippen LogP contribution is -2.49. The maximum atomic E-state index is 11.8. The second-order valence-corrected chi connectivity index (χ2v) is 6.81. The highest BCUT2D eigenvalue weighted by Crippen LogP contribution is 2.26. The summed E-state index contributed by atoms with van der Waals surface area (Å²) in [6.45, 7) is 4.11. The molecule has 1 aliphatic carbocycles. The second kappa shape index (κ2) is 8.00. The van der Waals surface area contributed by atoms with Crippen LogP contribution in [0.3, 0.4) is 0 Å². The van der Waals surface area contributed by atoms with Crippen LogP contribution in [0.25, 0.3) is 0 Å². The van der Waals surface area contributed by atoms with E-state index in [1.165, 1.54) is 32.1 Å². The van der Waals surface area contributed by atoms with Gasteiger partial charge < -0.3 is 15.7 Å². The van der Waals surface area contributed by atoms with Crippen LogP contribution < -0.4 is 10.6 Å². The molecule has 0 aromatic carbocycles. The average molecular weight is 288 g/mol. The molecule has 0 spiro atoms. The van der Waals surface area contributed by atoms with Gasteiger partial charge in [0.25, 0.3) is 0 Å². The summed E-state index contributed by atoms with van der Waals surface area (Å²) in [6, 6.07) is 0.0465. The predicted molar refractivity (Wildman–Crippen MR) is 81.6 cm³/mol. The van der Waals surface area contributed by atoms with Crippen molar-refractivity contribution in [1.82, 2.24) is 10.6 Å². The Morgan fingerprint density at radius 1 is 1.42 bits per heavy atom. The molecule has 1 fully saturated rings. The third-order valence-electron chi connectivity index (χ3n) is 3.80. The van der Waals surface area contributed by atoms with E-state index < -0.39 is 5.60 Å². The topological polar surface area (TPSA) is 61.4 Å². The normalized spacial score (nSPS) is 21.5. The first-order valence-electron chi connectivity index (χ1n) is 7.20. The molecule has 0 saturated heterocycles. The molecule has 2 unspecified atom stereocenters. The molecule has 2 amide bonds. The summed E-state index contributed by atoms with van der Waals surface area (Å²) >= 11 is 1.58. The van der Waals surface area contributed by atoms with Crippen LogP contribution in [0.1, 0.15) is 46.0 Å². The van der Waals surface area contributed by atoms with Gasteiger partial charge in [0.1, 0.15) is 0 Å². The summed E-state index contributed by atoms with van der Waals surface area (Å²) < 4.78 is 0. The van der Waals surface area contributed by atoms with Crippen molar-refractivity contribution in [2.75, 3.05) is 18.6 Å². The van der Waals surface area contributed by atoms with Crippen LogP contribution in [-0.2, 0) is 0 Å². The molecular formula is C14H28N2O2S. The van der Waals surface area contributed by atoms with Crippen molar-refractivity contribution in [3.05, 3.63) is 0 Å². The first-order valence-corrected chi connectivity index (χ1v) is 8.60. The summed E-state index contributed by atoms with van der Waals surface area (Å²) in [5.74, 6) is 1.22. The molecule has 19 heavy (non-hydrogen) atoms. The van der Waals surface area contributed by atoms with Crippen LogP contribution in [0.4, 0.5) is 4.79 Å². The maximum absolute atomic E-state index is 11.8. The van der Waals surface area contributed by atoms with Crippen molar-refractivity contribution >= 4 is 17.8 Å². The predicted octanol–water partition coefficient (Wildman–Crippen LogP) is 2.37. The molecule has 1 saturated carbocycles. The van der Waals surface area contributed by atoms with Gasteiger partial charge in [0.05, 0.1) is 5.60 Å². The number of urea groups is 1. The van der Waals surface area contributed by atoms with Crippen LogP contribution in [-0.4, -0.2) is 41.3 Å². The van der Waals surface area contributed by atoms with E-state index >= 15 is 0 Å². The quantitative estimate of drug-likeness (QED) is 0.703. The van der Waals surface area contributed by atoms with Crippen molar-refractivity contribution in [2.45, 2.75) is 57.6 Å². The summed E-state index contributed by atoms with van der Waals surface area (Å²) in [5.41, 5.74) is -0.842. The van der Waals surface area contributed by atoms with Gasteiger partial charge in [-0.2, -0.15) is 11.8 Å². The molecule has 0 aromatic rings. The van der Waals surface area contributed by atoms with Crippen LogP contribution in [0.15, 0.2) is 0 Å². The SMILES string of the molecule is CSCC(C)(O)CNC(=O)NC(C)C1CCCCC1. The average Bonchev–Trinajstić information content (AvgIpc) is 2.37. The van der Waals surface area contributed by atoms with Crippen molar-refractivity contribution < 1.29 is 9.90 Å². The van der Waals surface area contributed by atoms with Gasteiger partial charge in [-0.1, -0.05) is 19.3 Å². The molecule has 0 radical (unpaired) electrons. The number of carbonyl (C=O) groups excluding carboxylic acids is 1. The Balaban J connectivity index is 2.26. The Morgan fingerprint density at radius 3 is 2.63 bits per heavy atom. The molecular weight excluding hydrogens is 260 g/mol. The van der Waals surface area contributed by atoms with Gasteiger partial charge in [0.15, 0.2) is 0 Å². The monoisotopic (exact) mass is 288 g/mol. The number of rotatable bonds is 6. The highest BCUT2D eigenvalue weighted by atomic mass is 32.2. The molecule has 5 heteroatoms. The van der Waals surface area contributed by atoms with E-state index in [1.807, 2.05) is 6.26 Å². The van der Waals surface area contributed by atoms with Gasteiger partial charge in [0.2, 0.25) is 0 Å². The van der Waals surface area contributed by atoms with Gasteiger partial charge in [-0.05, 0) is 38.9 Å². The Morgan fingerprint density at radius 2 is 2.05 bits per heavy atom. The van der Waals surface area contributed by atoms with E-state index in [0.29, 0.717) is 11.7 Å². The fourth-order valence-electron chi connectivity index (χ4n) is 2.64. The fraction of sp³-hybridized carbons (Fsp3) is 0.929. The van der Waals surface area contributed by atoms with Gasteiger partial charge in [-0.25, -0.2) is 4.79 Å². The largest absolute Gasteiger partial charge is 0.387 e. The Hall–Kier alpha value is -0.420. The highest BCUT2D eigenvalue weighted by molar-refractivity contribution is 7.98. The zero-order chi connectivity index (χ0) is 14.3. The molecule has 4 nitrogen and oxygen atoms in total. The van der Waals surface area contributed by atoms with Crippen LogP contribution in [0.2, 0.25) is 0 Å². The van der Waals surface area contributed by atoms with E-state index in [1.54, 1.807) is 18.7 Å². The molecule has 0 aromatic heterocycles. The summed E-state index contributed by atoms with van der Waals surface area (Å²) in [7, 11) is 0. The number of nitrogens with one attached hydrogen (secondary N) is 2. The number of hydrogen-bond donors (Lipinski definition) is 3. The van der Waals surface area contributed by atoms with E-state index in [9.17, 15) is 9.90 Å². The van der Waals surface area contributed by atoms with Crippen LogP contribution >= 0.6 is 11.8 Å². The number of aliphatic hydroxyl groups is 1. The highest BCUT2D eigenvalue weighted by Gasteiger charge is 2.23. The minimum absolute atomic E-state index is 0.167. The Kier molecular flexibility index (Phi) is 7.00. The molecule has 1 aliphatic rings. The molecule has 0 heterocycles. The van der Waals surface area contributed by atoms with Gasteiger partial charge in [0, 0.05) is 18.3 Å². The zero-order valence-corrected chi connectivity index (χ0v) is 13.2. The van der Waals surface area contributed by atoms with Gasteiger partial charge in [-0.3, -0.25) is 0 Å². The number of thioether (sulfide) groups is 1. The smallest absolute Gasteiger partial charge is 0.315 e. The minimum atomic E-state index is -0.842. The van der Waals surface area contributed by atoms with Crippen molar-refractivity contribution in [3.63, 3.8) is 0 Å². The number of hydrogen-bond acceptors (Lipinski definition) is 3. The maximum Gasteiger partial charge on any atom is 0.315 e. The lowest BCUT2D eigenvalue weighted by Gasteiger charge is -2.29. The molecule has 3 N–H and O–H groups in total. The fourth-order valence-corrected chi connectivity index (χ4v) is 3.37. The lowest BCUT2D eigenvalue weighted by atomic mass is 9.85. The summed E-state index contributed by atoms with van der Waals surface area (Å²) in [4.78, 5) is 11.8. The van der Waals surface area contributed by atoms with Gasteiger partial charge >= 0.3 is 6.03 Å².